The summed E-state index contributed by atoms with van der Waals surface area (Å²) in [5, 5.41) is 11.9. The van der Waals surface area contributed by atoms with E-state index in [4.69, 9.17) is 5.26 Å². The van der Waals surface area contributed by atoms with Gasteiger partial charge >= 0.3 is 0 Å². The second-order valence-corrected chi connectivity index (χ2v) is 4.90. The Morgan fingerprint density at radius 1 is 1.35 bits per heavy atom. The van der Waals surface area contributed by atoms with Gasteiger partial charge in [0.1, 0.15) is 0 Å². The third kappa shape index (κ3) is 2.31. The van der Waals surface area contributed by atoms with E-state index in [0.717, 1.165) is 18.4 Å². The lowest BCUT2D eigenvalue weighted by Gasteiger charge is -2.10. The number of hydrogen-bond donors (Lipinski definition) is 1. The number of hydrogen-bond acceptors (Lipinski definition) is 2. The molecule has 1 aliphatic carbocycles. The van der Waals surface area contributed by atoms with Gasteiger partial charge in [0.2, 0.25) is 0 Å². The monoisotopic (exact) mass is 228 g/mol. The summed E-state index contributed by atoms with van der Waals surface area (Å²) in [5.74, 6) is -0.0617. The first-order valence-electron chi connectivity index (χ1n) is 5.90. The summed E-state index contributed by atoms with van der Waals surface area (Å²) in [6, 6.07) is 9.87. The van der Waals surface area contributed by atoms with Gasteiger partial charge in [-0.05, 0) is 44.4 Å². The Balaban J connectivity index is 2.14. The second-order valence-electron chi connectivity index (χ2n) is 4.90. The van der Waals surface area contributed by atoms with Crippen LogP contribution in [0.4, 0.5) is 0 Å². The van der Waals surface area contributed by atoms with Gasteiger partial charge in [-0.2, -0.15) is 5.26 Å². The Hall–Kier alpha value is -1.82. The molecule has 0 saturated heterocycles. The van der Waals surface area contributed by atoms with Gasteiger partial charge in [0.15, 0.2) is 0 Å². The Morgan fingerprint density at radius 3 is 2.35 bits per heavy atom. The van der Waals surface area contributed by atoms with E-state index in [2.05, 4.69) is 11.4 Å². The fraction of sp³-hybridized carbons (Fsp3) is 0.429. The zero-order valence-corrected chi connectivity index (χ0v) is 10.2. The van der Waals surface area contributed by atoms with Crippen LogP contribution in [0.2, 0.25) is 0 Å². The highest BCUT2D eigenvalue weighted by molar-refractivity contribution is 5.94. The normalized spacial score (nSPS) is 16.4. The zero-order chi connectivity index (χ0) is 12.5. The minimum atomic E-state index is -0.271. The Bertz CT molecular complexity index is 464. The van der Waals surface area contributed by atoms with Crippen LogP contribution in [0, 0.1) is 11.3 Å². The molecule has 1 aromatic rings. The van der Waals surface area contributed by atoms with Gasteiger partial charge in [0.05, 0.1) is 11.5 Å². The molecule has 3 nitrogen and oxygen atoms in total. The second kappa shape index (κ2) is 4.21. The van der Waals surface area contributed by atoms with E-state index in [0.29, 0.717) is 5.56 Å². The first-order valence-corrected chi connectivity index (χ1v) is 5.90. The van der Waals surface area contributed by atoms with Crippen LogP contribution in [0.3, 0.4) is 0 Å². The highest BCUT2D eigenvalue weighted by Crippen LogP contribution is 2.47. The smallest absolute Gasteiger partial charge is 0.251 e. The molecule has 1 aliphatic rings. The molecule has 1 aromatic carbocycles. The number of amides is 1. The molecule has 0 spiro atoms. The van der Waals surface area contributed by atoms with E-state index in [1.807, 2.05) is 26.0 Å². The number of benzene rings is 1. The van der Waals surface area contributed by atoms with Crippen LogP contribution in [0.15, 0.2) is 24.3 Å². The van der Waals surface area contributed by atoms with Crippen LogP contribution in [-0.2, 0) is 5.41 Å². The van der Waals surface area contributed by atoms with Crippen LogP contribution in [0.5, 0.6) is 0 Å². The quantitative estimate of drug-likeness (QED) is 0.863. The molecule has 1 fully saturated rings. The highest BCUT2D eigenvalue weighted by atomic mass is 16.1. The summed E-state index contributed by atoms with van der Waals surface area (Å²) in [4.78, 5) is 11.7. The fourth-order valence-electron chi connectivity index (χ4n) is 1.88. The molecular formula is C14H16N2O. The van der Waals surface area contributed by atoms with Crippen LogP contribution in [-0.4, -0.2) is 11.9 Å². The number of nitriles is 1. The Morgan fingerprint density at radius 2 is 1.94 bits per heavy atom. The molecule has 88 valence electrons. The maximum absolute atomic E-state index is 11.7. The average molecular weight is 228 g/mol. The van der Waals surface area contributed by atoms with E-state index < -0.39 is 0 Å². The summed E-state index contributed by atoms with van der Waals surface area (Å²) < 4.78 is 0. The number of carbonyl (C=O) groups excluding carboxylic acids is 1. The maximum atomic E-state index is 11.7. The Kier molecular flexibility index (Phi) is 2.89. The predicted molar refractivity (Wildman–Crippen MR) is 65.6 cm³/mol. The van der Waals surface area contributed by atoms with Crippen molar-refractivity contribution in [1.82, 2.24) is 5.32 Å². The molecule has 0 bridgehead atoms. The lowest BCUT2D eigenvalue weighted by atomic mass is 9.96. The largest absolute Gasteiger partial charge is 0.350 e. The molecule has 2 rings (SSSR count). The first-order chi connectivity index (χ1) is 8.07. The van der Waals surface area contributed by atoms with Gasteiger partial charge in [0.25, 0.3) is 5.91 Å². The summed E-state index contributed by atoms with van der Waals surface area (Å²) in [5.41, 5.74) is 1.41. The molecule has 0 aromatic heterocycles. The summed E-state index contributed by atoms with van der Waals surface area (Å²) >= 11 is 0. The van der Waals surface area contributed by atoms with Crippen molar-refractivity contribution in [2.45, 2.75) is 38.1 Å². The molecule has 0 radical (unpaired) electrons. The minimum absolute atomic E-state index is 0.0617. The van der Waals surface area contributed by atoms with Crippen molar-refractivity contribution in [1.29, 1.82) is 5.26 Å². The van der Waals surface area contributed by atoms with Crippen LogP contribution < -0.4 is 5.32 Å². The Labute approximate surface area is 101 Å². The van der Waals surface area contributed by atoms with Crippen molar-refractivity contribution < 1.29 is 4.79 Å². The number of carbonyl (C=O) groups is 1. The van der Waals surface area contributed by atoms with Gasteiger partial charge in [-0.25, -0.2) is 0 Å². The van der Waals surface area contributed by atoms with Crippen molar-refractivity contribution >= 4 is 5.91 Å². The van der Waals surface area contributed by atoms with Gasteiger partial charge in [-0.1, -0.05) is 12.1 Å². The molecule has 17 heavy (non-hydrogen) atoms. The maximum Gasteiger partial charge on any atom is 0.251 e. The van der Waals surface area contributed by atoms with Gasteiger partial charge in [0, 0.05) is 11.6 Å². The number of rotatable bonds is 3. The molecule has 1 N–H and O–H groups in total. The molecule has 0 unspecified atom stereocenters. The minimum Gasteiger partial charge on any atom is -0.350 e. The number of nitrogens with one attached hydrogen (secondary N) is 1. The standard InChI is InChI=1S/C14H16N2O/c1-10(2)16-13(17)11-3-5-12(6-4-11)14(9-15)7-8-14/h3-6,10H,7-8H2,1-2H3,(H,16,17). The summed E-state index contributed by atoms with van der Waals surface area (Å²) in [6.07, 6.45) is 1.86. The fourth-order valence-corrected chi connectivity index (χ4v) is 1.88. The molecule has 0 atom stereocenters. The van der Waals surface area contributed by atoms with E-state index >= 15 is 0 Å². The average Bonchev–Trinajstić information content (AvgIpc) is 3.09. The summed E-state index contributed by atoms with van der Waals surface area (Å²) in [6.45, 7) is 3.86. The zero-order valence-electron chi connectivity index (χ0n) is 10.2. The molecule has 1 saturated carbocycles. The lowest BCUT2D eigenvalue weighted by Crippen LogP contribution is -2.30. The first kappa shape index (κ1) is 11.7. The SMILES string of the molecule is CC(C)NC(=O)c1ccc(C2(C#N)CC2)cc1. The van der Waals surface area contributed by atoms with E-state index in [1.165, 1.54) is 0 Å². The van der Waals surface area contributed by atoms with Crippen molar-refractivity contribution in [3.05, 3.63) is 35.4 Å². The molecule has 3 heteroatoms. The predicted octanol–water partition coefficient (Wildman–Crippen LogP) is 2.38. The van der Waals surface area contributed by atoms with Crippen molar-refractivity contribution in [3.8, 4) is 6.07 Å². The van der Waals surface area contributed by atoms with E-state index in [-0.39, 0.29) is 17.4 Å². The van der Waals surface area contributed by atoms with E-state index in [1.54, 1.807) is 12.1 Å². The molecular weight excluding hydrogens is 212 g/mol. The van der Waals surface area contributed by atoms with Crippen LogP contribution in [0.25, 0.3) is 0 Å². The van der Waals surface area contributed by atoms with Crippen LogP contribution >= 0.6 is 0 Å². The lowest BCUT2D eigenvalue weighted by molar-refractivity contribution is 0.0943. The van der Waals surface area contributed by atoms with Crippen molar-refractivity contribution in [3.63, 3.8) is 0 Å². The van der Waals surface area contributed by atoms with Gasteiger partial charge in [-0.15, -0.1) is 0 Å². The topological polar surface area (TPSA) is 52.9 Å². The number of nitrogens with zero attached hydrogens (tertiary/aromatic N) is 1. The third-order valence-electron chi connectivity index (χ3n) is 3.08. The van der Waals surface area contributed by atoms with Crippen LogP contribution in [0.1, 0.15) is 42.6 Å². The van der Waals surface area contributed by atoms with Gasteiger partial charge in [-0.3, -0.25) is 4.79 Å². The highest BCUT2D eigenvalue weighted by Gasteiger charge is 2.44. The van der Waals surface area contributed by atoms with Crippen molar-refractivity contribution in [2.24, 2.45) is 0 Å². The van der Waals surface area contributed by atoms with Gasteiger partial charge < -0.3 is 5.32 Å². The third-order valence-corrected chi connectivity index (χ3v) is 3.08. The molecule has 0 aliphatic heterocycles. The molecule has 0 heterocycles. The van der Waals surface area contributed by atoms with Crippen molar-refractivity contribution in [2.75, 3.05) is 0 Å². The molecule has 1 amide bonds. The summed E-state index contributed by atoms with van der Waals surface area (Å²) in [7, 11) is 0. The van der Waals surface area contributed by atoms with E-state index in [9.17, 15) is 4.79 Å².